The van der Waals surface area contributed by atoms with Crippen molar-refractivity contribution >= 4 is 5.78 Å². The summed E-state index contributed by atoms with van der Waals surface area (Å²) in [5, 5.41) is 0. The first-order valence-corrected chi connectivity index (χ1v) is 3.09. The Morgan fingerprint density at radius 3 is 2.67 bits per heavy atom. The first-order chi connectivity index (χ1) is 4.22. The summed E-state index contributed by atoms with van der Waals surface area (Å²) in [4.78, 5) is 10.7. The Hall–Kier alpha value is -0.410. The highest BCUT2D eigenvalue weighted by atomic mass is 16.5. The van der Waals surface area contributed by atoms with Gasteiger partial charge in [0.2, 0.25) is 0 Å². The zero-order valence-corrected chi connectivity index (χ0v) is 5.46. The smallest absolute Gasteiger partial charge is 0.160 e. The predicted octanol–water partition coefficient (Wildman–Crippen LogP) is -0.308. The zero-order chi connectivity index (χ0) is 6.85. The molecule has 1 aliphatic rings. The van der Waals surface area contributed by atoms with Crippen LogP contribution in [0.3, 0.4) is 0 Å². The van der Waals surface area contributed by atoms with Gasteiger partial charge in [0, 0.05) is 12.6 Å². The van der Waals surface area contributed by atoms with E-state index in [4.69, 9.17) is 10.5 Å². The van der Waals surface area contributed by atoms with Crippen molar-refractivity contribution in [2.75, 3.05) is 6.61 Å². The molecule has 1 saturated heterocycles. The third kappa shape index (κ3) is 1.28. The van der Waals surface area contributed by atoms with Crippen molar-refractivity contribution < 1.29 is 9.53 Å². The summed E-state index contributed by atoms with van der Waals surface area (Å²) in [6.45, 7) is 2.14. The van der Waals surface area contributed by atoms with Gasteiger partial charge in [-0.25, -0.2) is 0 Å². The molecule has 1 aliphatic heterocycles. The molecule has 2 N–H and O–H groups in total. The van der Waals surface area contributed by atoms with Gasteiger partial charge in [-0.15, -0.1) is 0 Å². The van der Waals surface area contributed by atoms with Gasteiger partial charge in [0.25, 0.3) is 0 Å². The van der Waals surface area contributed by atoms with E-state index in [2.05, 4.69) is 0 Å². The maximum atomic E-state index is 10.7. The van der Waals surface area contributed by atoms with Crippen molar-refractivity contribution in [3.63, 3.8) is 0 Å². The highest BCUT2D eigenvalue weighted by Gasteiger charge is 2.28. The number of carbonyl (C=O) groups is 1. The van der Waals surface area contributed by atoms with E-state index >= 15 is 0 Å². The molecule has 0 aromatic carbocycles. The second-order valence-corrected chi connectivity index (χ2v) is 2.35. The van der Waals surface area contributed by atoms with E-state index in [-0.39, 0.29) is 17.9 Å². The monoisotopic (exact) mass is 129 g/mol. The lowest BCUT2D eigenvalue weighted by Crippen LogP contribution is -2.35. The molecule has 1 fully saturated rings. The molecule has 0 aromatic rings. The van der Waals surface area contributed by atoms with Gasteiger partial charge in [0.05, 0.1) is 0 Å². The van der Waals surface area contributed by atoms with E-state index < -0.39 is 0 Å². The molecule has 1 heterocycles. The molecule has 0 bridgehead atoms. The fraction of sp³-hybridized carbons (Fsp3) is 0.833. The summed E-state index contributed by atoms with van der Waals surface area (Å²) in [7, 11) is 0. The number of nitrogens with two attached hydrogens (primary N) is 1. The fourth-order valence-corrected chi connectivity index (χ4v) is 1.02. The van der Waals surface area contributed by atoms with Crippen LogP contribution in [0.2, 0.25) is 0 Å². The molecule has 52 valence electrons. The molecular formula is C6H11NO2. The number of ether oxygens (including phenoxy) is 1. The van der Waals surface area contributed by atoms with Gasteiger partial charge in [0.1, 0.15) is 6.10 Å². The minimum atomic E-state index is -0.329. The zero-order valence-electron chi connectivity index (χ0n) is 5.46. The minimum Gasteiger partial charge on any atom is -0.369 e. The molecule has 0 saturated carbocycles. The Kier molecular flexibility index (Phi) is 1.83. The molecule has 9 heavy (non-hydrogen) atoms. The van der Waals surface area contributed by atoms with Crippen LogP contribution >= 0.6 is 0 Å². The third-order valence-electron chi connectivity index (χ3n) is 1.54. The topological polar surface area (TPSA) is 52.3 Å². The molecule has 0 amide bonds. The predicted molar refractivity (Wildman–Crippen MR) is 33.0 cm³/mol. The molecule has 0 radical (unpaired) electrons. The van der Waals surface area contributed by atoms with Gasteiger partial charge in [-0.1, -0.05) is 0 Å². The average Bonchev–Trinajstić information content (AvgIpc) is 2.13. The van der Waals surface area contributed by atoms with Crippen LogP contribution in [0.25, 0.3) is 0 Å². The molecule has 2 atom stereocenters. The summed E-state index contributed by atoms with van der Waals surface area (Å²) in [6.07, 6.45) is 0.481. The van der Waals surface area contributed by atoms with Crippen LogP contribution in [-0.2, 0) is 9.53 Å². The molecule has 0 spiro atoms. The van der Waals surface area contributed by atoms with Crippen molar-refractivity contribution in [2.45, 2.75) is 25.5 Å². The lowest BCUT2D eigenvalue weighted by atomic mass is 10.1. The first kappa shape index (κ1) is 6.71. The molecular weight excluding hydrogens is 118 g/mol. The van der Waals surface area contributed by atoms with Gasteiger partial charge in [0.15, 0.2) is 5.78 Å². The quantitative estimate of drug-likeness (QED) is 0.528. The van der Waals surface area contributed by atoms with Crippen LogP contribution in [0.4, 0.5) is 0 Å². The number of hydrogen-bond donors (Lipinski definition) is 1. The molecule has 3 nitrogen and oxygen atoms in total. The Morgan fingerprint density at radius 2 is 2.44 bits per heavy atom. The maximum absolute atomic E-state index is 10.7. The van der Waals surface area contributed by atoms with E-state index in [1.54, 1.807) is 0 Å². The van der Waals surface area contributed by atoms with Crippen LogP contribution in [0, 0.1) is 0 Å². The molecule has 0 aliphatic carbocycles. The lowest BCUT2D eigenvalue weighted by molar-refractivity contribution is -0.126. The second-order valence-electron chi connectivity index (χ2n) is 2.35. The molecule has 0 aromatic heterocycles. The average molecular weight is 129 g/mol. The summed E-state index contributed by atoms with van der Waals surface area (Å²) in [6, 6.07) is -0.0671. The normalized spacial score (nSPS) is 34.9. The van der Waals surface area contributed by atoms with Crippen molar-refractivity contribution in [1.82, 2.24) is 0 Å². The Morgan fingerprint density at radius 1 is 1.78 bits per heavy atom. The second kappa shape index (κ2) is 2.45. The number of carbonyl (C=O) groups excluding carboxylic acids is 1. The number of Topliss-reactive ketones (excluding diaryl/α,β-unsaturated/α-hetero) is 1. The van der Waals surface area contributed by atoms with Crippen molar-refractivity contribution in [1.29, 1.82) is 0 Å². The Bertz CT molecular complexity index is 124. The Balaban J connectivity index is 2.49. The summed E-state index contributed by atoms with van der Waals surface area (Å²) in [5.74, 6) is 0.0417. The molecule has 3 heteroatoms. The minimum absolute atomic E-state index is 0.0417. The highest BCUT2D eigenvalue weighted by molar-refractivity contribution is 5.81. The van der Waals surface area contributed by atoms with Gasteiger partial charge in [-0.2, -0.15) is 0 Å². The SMILES string of the molecule is CC(=O)[C@@H]1OCC[C@@H]1N. The highest BCUT2D eigenvalue weighted by Crippen LogP contribution is 2.11. The van der Waals surface area contributed by atoms with Gasteiger partial charge >= 0.3 is 0 Å². The van der Waals surface area contributed by atoms with Crippen LogP contribution < -0.4 is 5.73 Å². The van der Waals surface area contributed by atoms with Gasteiger partial charge in [-0.05, 0) is 13.3 Å². The van der Waals surface area contributed by atoms with Crippen LogP contribution in [0.15, 0.2) is 0 Å². The largest absolute Gasteiger partial charge is 0.369 e. The van der Waals surface area contributed by atoms with Crippen LogP contribution in [0.5, 0.6) is 0 Å². The van der Waals surface area contributed by atoms with E-state index in [9.17, 15) is 4.79 Å². The summed E-state index contributed by atoms with van der Waals surface area (Å²) >= 11 is 0. The van der Waals surface area contributed by atoms with Gasteiger partial charge < -0.3 is 10.5 Å². The lowest BCUT2D eigenvalue weighted by Gasteiger charge is -2.08. The van der Waals surface area contributed by atoms with Crippen molar-refractivity contribution in [3.8, 4) is 0 Å². The van der Waals surface area contributed by atoms with E-state index in [1.807, 2.05) is 0 Å². The molecule has 1 rings (SSSR count). The Labute approximate surface area is 54.2 Å². The van der Waals surface area contributed by atoms with Crippen LogP contribution in [0.1, 0.15) is 13.3 Å². The van der Waals surface area contributed by atoms with Gasteiger partial charge in [-0.3, -0.25) is 4.79 Å². The maximum Gasteiger partial charge on any atom is 0.160 e. The van der Waals surface area contributed by atoms with E-state index in [1.165, 1.54) is 6.92 Å². The van der Waals surface area contributed by atoms with E-state index in [0.29, 0.717) is 6.61 Å². The third-order valence-corrected chi connectivity index (χ3v) is 1.54. The summed E-state index contributed by atoms with van der Waals surface area (Å²) in [5.41, 5.74) is 5.53. The van der Waals surface area contributed by atoms with E-state index in [0.717, 1.165) is 6.42 Å². The summed E-state index contributed by atoms with van der Waals surface area (Å²) < 4.78 is 5.05. The number of hydrogen-bond acceptors (Lipinski definition) is 3. The molecule has 0 unspecified atom stereocenters. The van der Waals surface area contributed by atoms with Crippen molar-refractivity contribution in [2.24, 2.45) is 5.73 Å². The van der Waals surface area contributed by atoms with Crippen molar-refractivity contribution in [3.05, 3.63) is 0 Å². The number of ketones is 1. The standard InChI is InChI=1S/C6H11NO2/c1-4(8)6-5(7)2-3-9-6/h5-6H,2-3,7H2,1H3/t5-,6-/m0/s1. The number of rotatable bonds is 1. The first-order valence-electron chi connectivity index (χ1n) is 3.09. The fourth-order valence-electron chi connectivity index (χ4n) is 1.02. The van der Waals surface area contributed by atoms with Crippen LogP contribution in [-0.4, -0.2) is 24.5 Å².